The summed E-state index contributed by atoms with van der Waals surface area (Å²) in [7, 11) is 0. The fourth-order valence-corrected chi connectivity index (χ4v) is 5.58. The Morgan fingerprint density at radius 1 is 1.21 bits per heavy atom. The highest BCUT2D eigenvalue weighted by Crippen LogP contribution is 2.41. The third kappa shape index (κ3) is 3.14. The Morgan fingerprint density at radius 2 is 2.00 bits per heavy atom. The van der Waals surface area contributed by atoms with E-state index in [9.17, 15) is 0 Å². The Balaban J connectivity index is 1.96. The number of nitrogens with zero attached hydrogens (tertiary/aromatic N) is 1. The fraction of sp³-hybridized carbons (Fsp3) is 0.385. The van der Waals surface area contributed by atoms with E-state index in [-0.39, 0.29) is 0 Å². The quantitative estimate of drug-likeness (QED) is 0.793. The lowest BCUT2D eigenvalue weighted by molar-refractivity contribution is 0.203. The van der Waals surface area contributed by atoms with Gasteiger partial charge in [0, 0.05) is 40.4 Å². The molecule has 1 aliphatic rings. The molecule has 0 aliphatic carbocycles. The van der Waals surface area contributed by atoms with E-state index >= 15 is 0 Å². The molecule has 0 saturated carbocycles. The van der Waals surface area contributed by atoms with Gasteiger partial charge in [0.05, 0.1) is 9.83 Å². The highest BCUT2D eigenvalue weighted by molar-refractivity contribution is 9.13. The zero-order valence-corrected chi connectivity index (χ0v) is 15.0. The van der Waals surface area contributed by atoms with Crippen LogP contribution in [-0.2, 0) is 0 Å². The molecule has 0 aromatic carbocycles. The first-order valence-electron chi connectivity index (χ1n) is 6.18. The number of hydrogen-bond acceptors (Lipinski definition) is 4. The minimum atomic E-state index is 0.398. The first kappa shape index (κ1) is 14.2. The standard InChI is InChI=1S/C13H14Br2N2S2/c14-9-8-11(19-13(9)15)12(10-2-1-7-18-10)17-5-3-16-4-6-17/h1-2,7-8,12,16H,3-6H2/t12-/m0/s1. The van der Waals surface area contributed by atoms with Crippen molar-refractivity contribution >= 4 is 54.5 Å². The zero-order chi connectivity index (χ0) is 13.2. The summed E-state index contributed by atoms with van der Waals surface area (Å²) in [5, 5.41) is 5.60. The van der Waals surface area contributed by atoms with Crippen LogP contribution < -0.4 is 5.32 Å². The second kappa shape index (κ2) is 6.37. The van der Waals surface area contributed by atoms with E-state index in [0.717, 1.165) is 30.7 Å². The highest BCUT2D eigenvalue weighted by Gasteiger charge is 2.26. The van der Waals surface area contributed by atoms with Crippen LogP contribution in [0.2, 0.25) is 0 Å². The lowest BCUT2D eigenvalue weighted by Crippen LogP contribution is -2.45. The van der Waals surface area contributed by atoms with Gasteiger partial charge in [0.25, 0.3) is 0 Å². The van der Waals surface area contributed by atoms with Crippen molar-refractivity contribution < 1.29 is 0 Å². The van der Waals surface area contributed by atoms with Crippen molar-refractivity contribution in [2.75, 3.05) is 26.2 Å². The van der Waals surface area contributed by atoms with E-state index in [1.54, 1.807) is 0 Å². The van der Waals surface area contributed by atoms with Gasteiger partial charge in [-0.2, -0.15) is 0 Å². The van der Waals surface area contributed by atoms with Crippen molar-refractivity contribution in [1.29, 1.82) is 0 Å². The van der Waals surface area contributed by atoms with Crippen LogP contribution in [0.4, 0.5) is 0 Å². The van der Waals surface area contributed by atoms with Crippen LogP contribution >= 0.6 is 54.5 Å². The number of piperazine rings is 1. The van der Waals surface area contributed by atoms with Gasteiger partial charge in [0.1, 0.15) is 0 Å². The minimum Gasteiger partial charge on any atom is -0.314 e. The van der Waals surface area contributed by atoms with Crippen LogP contribution in [0.15, 0.2) is 31.8 Å². The van der Waals surface area contributed by atoms with Crippen molar-refractivity contribution in [1.82, 2.24) is 10.2 Å². The minimum absolute atomic E-state index is 0.398. The molecule has 0 amide bonds. The molecule has 1 atom stereocenters. The van der Waals surface area contributed by atoms with E-state index in [1.807, 2.05) is 22.7 Å². The molecule has 2 nitrogen and oxygen atoms in total. The molecule has 2 aromatic heterocycles. The predicted octanol–water partition coefficient (Wildman–Crippen LogP) is 4.33. The van der Waals surface area contributed by atoms with E-state index in [2.05, 4.69) is 65.7 Å². The third-order valence-corrected chi connectivity index (χ3v) is 7.50. The van der Waals surface area contributed by atoms with Gasteiger partial charge < -0.3 is 5.32 Å². The number of hydrogen-bond donors (Lipinski definition) is 1. The Labute approximate surface area is 138 Å². The van der Waals surface area contributed by atoms with Crippen LogP contribution in [0.1, 0.15) is 15.8 Å². The summed E-state index contributed by atoms with van der Waals surface area (Å²) in [6.45, 7) is 4.37. The van der Waals surface area contributed by atoms with E-state index < -0.39 is 0 Å². The molecule has 1 aliphatic heterocycles. The maximum absolute atomic E-state index is 3.62. The molecule has 0 unspecified atom stereocenters. The van der Waals surface area contributed by atoms with Crippen LogP contribution in [-0.4, -0.2) is 31.1 Å². The maximum atomic E-state index is 3.62. The lowest BCUT2D eigenvalue weighted by Gasteiger charge is -2.33. The summed E-state index contributed by atoms with van der Waals surface area (Å²) in [5.74, 6) is 0. The van der Waals surface area contributed by atoms with Gasteiger partial charge >= 0.3 is 0 Å². The van der Waals surface area contributed by atoms with Crippen LogP contribution in [0.3, 0.4) is 0 Å². The van der Waals surface area contributed by atoms with Crippen molar-refractivity contribution in [2.45, 2.75) is 6.04 Å². The molecule has 102 valence electrons. The lowest BCUT2D eigenvalue weighted by atomic mass is 10.1. The molecule has 3 heterocycles. The SMILES string of the molecule is Brc1cc([C@H](c2cccs2)N2CCNCC2)sc1Br. The largest absolute Gasteiger partial charge is 0.314 e. The predicted molar refractivity (Wildman–Crippen MR) is 90.3 cm³/mol. The van der Waals surface area contributed by atoms with E-state index in [1.165, 1.54) is 13.5 Å². The monoisotopic (exact) mass is 420 g/mol. The van der Waals surface area contributed by atoms with Crippen molar-refractivity contribution in [2.24, 2.45) is 0 Å². The van der Waals surface area contributed by atoms with Gasteiger partial charge in [-0.1, -0.05) is 6.07 Å². The summed E-state index contributed by atoms with van der Waals surface area (Å²) in [6, 6.07) is 7.04. The molecule has 0 spiro atoms. The fourth-order valence-electron chi connectivity index (χ4n) is 2.39. The topological polar surface area (TPSA) is 15.3 Å². The molecule has 1 N–H and O–H groups in total. The van der Waals surface area contributed by atoms with E-state index in [0.29, 0.717) is 6.04 Å². The van der Waals surface area contributed by atoms with Crippen molar-refractivity contribution in [3.8, 4) is 0 Å². The van der Waals surface area contributed by atoms with Crippen LogP contribution in [0.25, 0.3) is 0 Å². The zero-order valence-electron chi connectivity index (χ0n) is 10.2. The summed E-state index contributed by atoms with van der Waals surface area (Å²) in [6.07, 6.45) is 0. The van der Waals surface area contributed by atoms with Gasteiger partial charge in [0.15, 0.2) is 0 Å². The average Bonchev–Trinajstić information content (AvgIpc) is 3.03. The summed E-state index contributed by atoms with van der Waals surface area (Å²) in [5.41, 5.74) is 0. The molecular formula is C13H14Br2N2S2. The average molecular weight is 422 g/mol. The van der Waals surface area contributed by atoms with Crippen molar-refractivity contribution in [3.05, 3.63) is 41.6 Å². The highest BCUT2D eigenvalue weighted by atomic mass is 79.9. The molecule has 6 heteroatoms. The Kier molecular flexibility index (Phi) is 4.77. The maximum Gasteiger partial charge on any atom is 0.0843 e. The van der Waals surface area contributed by atoms with Gasteiger partial charge in [-0.05, 0) is 49.4 Å². The smallest absolute Gasteiger partial charge is 0.0843 e. The molecule has 0 radical (unpaired) electrons. The van der Waals surface area contributed by atoms with Crippen LogP contribution in [0, 0.1) is 0 Å². The van der Waals surface area contributed by atoms with Gasteiger partial charge in [0.2, 0.25) is 0 Å². The number of thiophene rings is 2. The molecule has 2 aromatic rings. The molecular weight excluding hydrogens is 408 g/mol. The van der Waals surface area contributed by atoms with Gasteiger partial charge in [-0.25, -0.2) is 0 Å². The molecule has 19 heavy (non-hydrogen) atoms. The first-order chi connectivity index (χ1) is 9.25. The second-order valence-electron chi connectivity index (χ2n) is 4.47. The Bertz CT molecular complexity index is 513. The Morgan fingerprint density at radius 3 is 2.58 bits per heavy atom. The van der Waals surface area contributed by atoms with Crippen LogP contribution in [0.5, 0.6) is 0 Å². The third-order valence-electron chi connectivity index (χ3n) is 3.26. The first-order valence-corrected chi connectivity index (χ1v) is 9.47. The summed E-state index contributed by atoms with van der Waals surface area (Å²) in [4.78, 5) is 5.42. The molecule has 0 bridgehead atoms. The molecule has 1 fully saturated rings. The Hall–Kier alpha value is 0.280. The summed E-state index contributed by atoms with van der Waals surface area (Å²) < 4.78 is 2.34. The summed E-state index contributed by atoms with van der Waals surface area (Å²) >= 11 is 10.9. The van der Waals surface area contributed by atoms with Gasteiger partial charge in [-0.3, -0.25) is 4.90 Å². The number of rotatable bonds is 3. The van der Waals surface area contributed by atoms with Gasteiger partial charge in [-0.15, -0.1) is 22.7 Å². The second-order valence-corrected chi connectivity index (χ2v) is 8.71. The molecule has 3 rings (SSSR count). The van der Waals surface area contributed by atoms with E-state index in [4.69, 9.17) is 0 Å². The number of halogens is 2. The molecule has 1 saturated heterocycles. The number of nitrogens with one attached hydrogen (secondary N) is 1. The van der Waals surface area contributed by atoms with Crippen molar-refractivity contribution in [3.63, 3.8) is 0 Å². The normalized spacial score (nSPS) is 18.6.